The Morgan fingerprint density at radius 2 is 1.77 bits per heavy atom. The molecule has 244 valence electrons. The molecule has 2 N–H and O–H groups in total. The number of halogens is 4. The van der Waals surface area contributed by atoms with Crippen molar-refractivity contribution in [1.29, 1.82) is 0 Å². The monoisotopic (exact) mass is 648 g/mol. The fourth-order valence-electron chi connectivity index (χ4n) is 4.19. The smallest absolute Gasteiger partial charge is 0.477 e. The third-order valence-electron chi connectivity index (χ3n) is 6.49. The molecular formula is C28H36F4N4O7S. The highest BCUT2D eigenvalue weighted by Crippen LogP contribution is 2.31. The Kier molecular flexibility index (Phi) is 11.1. The molecule has 1 aromatic heterocycles. The van der Waals surface area contributed by atoms with Gasteiger partial charge in [0.2, 0.25) is 21.8 Å². The predicted molar refractivity (Wildman–Crippen MR) is 151 cm³/mol. The highest BCUT2D eigenvalue weighted by atomic mass is 32.2. The molecule has 0 radical (unpaired) electrons. The minimum Gasteiger partial charge on any atom is -0.477 e. The number of nitrogens with one attached hydrogen (secondary N) is 2. The molecule has 0 saturated carbocycles. The number of rotatable bonds is 10. The number of alkyl halides is 3. The first-order chi connectivity index (χ1) is 20.3. The molecule has 1 fully saturated rings. The topological polar surface area (TPSA) is 136 Å². The fraction of sp³-hybridized carbons (Fsp3) is 0.536. The number of sulfonamides is 1. The Morgan fingerprint density at radius 3 is 2.34 bits per heavy atom. The number of hydroxylamine groups is 2. The molecular weight excluding hydrogens is 612 g/mol. The molecule has 1 atom stereocenters. The van der Waals surface area contributed by atoms with Gasteiger partial charge in [-0.15, -0.1) is 5.06 Å². The lowest BCUT2D eigenvalue weighted by Crippen LogP contribution is -2.38. The van der Waals surface area contributed by atoms with Gasteiger partial charge < -0.3 is 19.6 Å². The summed E-state index contributed by atoms with van der Waals surface area (Å²) in [6, 6.07) is 5.55. The van der Waals surface area contributed by atoms with Crippen molar-refractivity contribution in [3.05, 3.63) is 53.0 Å². The van der Waals surface area contributed by atoms with Gasteiger partial charge in [0.15, 0.2) is 0 Å². The lowest BCUT2D eigenvalue weighted by molar-refractivity contribution is -0.156. The van der Waals surface area contributed by atoms with Gasteiger partial charge in [0.05, 0.1) is 24.5 Å². The molecule has 1 aromatic carbocycles. The maximum Gasteiger partial charge on any atom is 0.528 e. The number of pyridine rings is 1. The number of anilines is 1. The number of aromatic nitrogens is 1. The largest absolute Gasteiger partial charge is 0.528 e. The van der Waals surface area contributed by atoms with Crippen molar-refractivity contribution < 1.29 is 49.9 Å². The van der Waals surface area contributed by atoms with Gasteiger partial charge >= 0.3 is 12.3 Å². The van der Waals surface area contributed by atoms with Crippen LogP contribution in [0.3, 0.4) is 0 Å². The van der Waals surface area contributed by atoms with E-state index in [2.05, 4.69) is 10.3 Å². The van der Waals surface area contributed by atoms with Gasteiger partial charge in [-0.05, 0) is 76.3 Å². The van der Waals surface area contributed by atoms with E-state index in [1.54, 1.807) is 20.8 Å². The van der Waals surface area contributed by atoms with Crippen molar-refractivity contribution in [2.24, 2.45) is 5.92 Å². The van der Waals surface area contributed by atoms with Crippen LogP contribution < -0.4 is 14.8 Å². The van der Waals surface area contributed by atoms with Crippen LogP contribution in [0.25, 0.3) is 0 Å². The summed E-state index contributed by atoms with van der Waals surface area (Å²) < 4.78 is 90.2. The van der Waals surface area contributed by atoms with E-state index >= 15 is 0 Å². The summed E-state index contributed by atoms with van der Waals surface area (Å²) in [6.45, 7) is 7.19. The summed E-state index contributed by atoms with van der Waals surface area (Å²) in [7, 11) is -3.71. The zero-order chi connectivity index (χ0) is 32.9. The van der Waals surface area contributed by atoms with Crippen LogP contribution >= 0.6 is 0 Å². The minimum absolute atomic E-state index is 0.0408. The Morgan fingerprint density at radius 1 is 1.11 bits per heavy atom. The molecule has 1 saturated heterocycles. The standard InChI is InChI=1S/C28H36F4N4O7S/c1-17(19-6-8-22(21(29)14-19)35-44(5,39)40)24(37)33-15-20-7-9-23(28(30,31)32)34-25(20)41-16-18-10-12-36(13-11-18)43-26(38)42-27(2,3)4/h6-9,14,17-18,35H,10-13,15-16H2,1-5H3,(H,33,37). The van der Waals surface area contributed by atoms with E-state index in [1.807, 2.05) is 4.72 Å². The number of hydrogen-bond acceptors (Lipinski definition) is 9. The third-order valence-corrected chi connectivity index (χ3v) is 7.08. The Bertz CT molecular complexity index is 1440. The van der Waals surface area contributed by atoms with E-state index in [9.17, 15) is 35.6 Å². The molecule has 0 bridgehead atoms. The second-order valence-electron chi connectivity index (χ2n) is 11.5. The van der Waals surface area contributed by atoms with Crippen LogP contribution in [-0.2, 0) is 37.1 Å². The highest BCUT2D eigenvalue weighted by Gasteiger charge is 2.34. The van der Waals surface area contributed by atoms with Gasteiger partial charge in [-0.25, -0.2) is 22.6 Å². The van der Waals surface area contributed by atoms with Gasteiger partial charge in [0.1, 0.15) is 17.1 Å². The van der Waals surface area contributed by atoms with Gasteiger partial charge in [0.25, 0.3) is 0 Å². The second-order valence-corrected chi connectivity index (χ2v) is 13.2. The van der Waals surface area contributed by atoms with Crippen LogP contribution in [0.5, 0.6) is 5.88 Å². The fourth-order valence-corrected chi connectivity index (χ4v) is 4.76. The molecule has 2 aromatic rings. The molecule has 2 heterocycles. The normalized spacial score (nSPS) is 15.8. The van der Waals surface area contributed by atoms with Crippen LogP contribution in [0.4, 0.5) is 28.0 Å². The molecule has 1 amide bonds. The van der Waals surface area contributed by atoms with Gasteiger partial charge in [-0.2, -0.15) is 13.2 Å². The first kappa shape index (κ1) is 34.8. The number of carbonyl (C=O) groups is 2. The van der Waals surface area contributed by atoms with E-state index in [1.165, 1.54) is 30.2 Å². The van der Waals surface area contributed by atoms with Gasteiger partial charge in [-0.1, -0.05) is 6.07 Å². The Balaban J connectivity index is 1.62. The zero-order valence-electron chi connectivity index (χ0n) is 25.0. The summed E-state index contributed by atoms with van der Waals surface area (Å²) in [5.74, 6) is -2.67. The molecule has 1 aliphatic rings. The SMILES string of the molecule is CC(C(=O)NCc1ccc(C(F)(F)F)nc1OCC1CCN(OC(=O)OC(C)(C)C)CC1)c1ccc(NS(C)(=O)=O)c(F)c1. The number of benzene rings is 1. The van der Waals surface area contributed by atoms with Gasteiger partial charge in [-0.3, -0.25) is 9.52 Å². The van der Waals surface area contributed by atoms with Crippen molar-refractivity contribution in [2.75, 3.05) is 30.7 Å². The third kappa shape index (κ3) is 10.8. The maximum atomic E-state index is 14.4. The average Bonchev–Trinajstić information content (AvgIpc) is 2.90. The Labute approximate surface area is 253 Å². The van der Waals surface area contributed by atoms with Crippen molar-refractivity contribution >= 4 is 27.8 Å². The molecule has 3 rings (SSSR count). The predicted octanol–water partition coefficient (Wildman–Crippen LogP) is 4.99. The van der Waals surface area contributed by atoms with E-state index in [0.717, 1.165) is 18.4 Å². The summed E-state index contributed by atoms with van der Waals surface area (Å²) in [4.78, 5) is 33.6. The summed E-state index contributed by atoms with van der Waals surface area (Å²) in [5.41, 5.74) is -1.69. The molecule has 44 heavy (non-hydrogen) atoms. The van der Waals surface area contributed by atoms with Crippen molar-refractivity contribution in [3.63, 3.8) is 0 Å². The van der Waals surface area contributed by atoms with Crippen molar-refractivity contribution in [2.45, 2.75) is 64.8 Å². The quantitative estimate of drug-likeness (QED) is 0.270. The van der Waals surface area contributed by atoms with E-state index in [0.29, 0.717) is 25.9 Å². The molecule has 0 spiro atoms. The first-order valence-corrected chi connectivity index (χ1v) is 15.6. The molecule has 1 unspecified atom stereocenters. The molecule has 1 aliphatic heterocycles. The van der Waals surface area contributed by atoms with Crippen LogP contribution in [-0.4, -0.2) is 62.1 Å². The van der Waals surface area contributed by atoms with Crippen LogP contribution in [0.1, 0.15) is 63.3 Å². The summed E-state index contributed by atoms with van der Waals surface area (Å²) >= 11 is 0. The average molecular weight is 649 g/mol. The maximum absolute atomic E-state index is 14.4. The van der Waals surface area contributed by atoms with Crippen molar-refractivity contribution in [3.8, 4) is 5.88 Å². The zero-order valence-corrected chi connectivity index (χ0v) is 25.8. The minimum atomic E-state index is -4.72. The van der Waals surface area contributed by atoms with Gasteiger partial charge in [0, 0.05) is 25.2 Å². The summed E-state index contributed by atoms with van der Waals surface area (Å²) in [6.07, 6.45) is -3.62. The highest BCUT2D eigenvalue weighted by molar-refractivity contribution is 7.92. The Hall–Kier alpha value is -3.66. The molecule has 0 aliphatic carbocycles. The van der Waals surface area contributed by atoms with Crippen LogP contribution in [0.15, 0.2) is 30.3 Å². The second kappa shape index (κ2) is 14.0. The van der Waals surface area contributed by atoms with Crippen LogP contribution in [0.2, 0.25) is 0 Å². The number of carbonyl (C=O) groups excluding carboxylic acids is 2. The lowest BCUT2D eigenvalue weighted by Gasteiger charge is -2.31. The van der Waals surface area contributed by atoms with Crippen LogP contribution in [0, 0.1) is 11.7 Å². The number of hydrogen-bond donors (Lipinski definition) is 2. The molecule has 16 heteroatoms. The van der Waals surface area contributed by atoms with E-state index in [-0.39, 0.29) is 41.8 Å². The lowest BCUT2D eigenvalue weighted by atomic mass is 9.99. The number of nitrogens with zero attached hydrogens (tertiary/aromatic N) is 2. The van der Waals surface area contributed by atoms with Crippen molar-refractivity contribution in [1.82, 2.24) is 15.4 Å². The molecule has 11 nitrogen and oxygen atoms in total. The van der Waals surface area contributed by atoms with E-state index < -0.39 is 51.3 Å². The summed E-state index contributed by atoms with van der Waals surface area (Å²) in [5, 5.41) is 4.06. The number of ether oxygens (including phenoxy) is 2. The number of amides is 1. The first-order valence-electron chi connectivity index (χ1n) is 13.7. The number of piperidine rings is 1. The van der Waals surface area contributed by atoms with E-state index in [4.69, 9.17) is 14.3 Å².